The second-order valence-corrected chi connectivity index (χ2v) is 6.08. The van der Waals surface area contributed by atoms with Crippen LogP contribution in [0.2, 0.25) is 0 Å². The highest BCUT2D eigenvalue weighted by atomic mass is 127. The minimum absolute atomic E-state index is 0. The summed E-state index contributed by atoms with van der Waals surface area (Å²) in [4.78, 5) is 7.27. The van der Waals surface area contributed by atoms with Crippen molar-refractivity contribution in [2.24, 2.45) is 10.9 Å². The molecule has 0 spiro atoms. The molecule has 0 amide bonds. The Morgan fingerprint density at radius 3 is 2.83 bits per heavy atom. The van der Waals surface area contributed by atoms with E-state index in [0.29, 0.717) is 12.0 Å². The second kappa shape index (κ2) is 14.0. The molecule has 1 unspecified atom stereocenters. The van der Waals surface area contributed by atoms with Crippen LogP contribution in [-0.4, -0.2) is 62.8 Å². The number of hydrogen-bond acceptors (Lipinski definition) is 3. The van der Waals surface area contributed by atoms with Gasteiger partial charge in [0, 0.05) is 45.4 Å². The van der Waals surface area contributed by atoms with E-state index in [1.54, 1.807) is 0 Å². The number of hydrogen-bond donors (Lipinski definition) is 2. The summed E-state index contributed by atoms with van der Waals surface area (Å²) in [7, 11) is 0. The molecule has 0 aromatic heterocycles. The lowest BCUT2D eigenvalue weighted by molar-refractivity contribution is 0.145. The van der Waals surface area contributed by atoms with Crippen molar-refractivity contribution in [2.75, 3.05) is 45.9 Å². The molecule has 0 saturated carbocycles. The molecular formula is C17H35IN4O. The Labute approximate surface area is 159 Å². The monoisotopic (exact) mass is 438 g/mol. The number of nitrogens with zero attached hydrogens (tertiary/aromatic N) is 2. The van der Waals surface area contributed by atoms with E-state index in [4.69, 9.17) is 9.73 Å². The predicted molar refractivity (Wildman–Crippen MR) is 110 cm³/mol. The molecule has 1 atom stereocenters. The van der Waals surface area contributed by atoms with Crippen LogP contribution in [0.15, 0.2) is 17.6 Å². The van der Waals surface area contributed by atoms with Gasteiger partial charge in [0.15, 0.2) is 5.96 Å². The van der Waals surface area contributed by atoms with Gasteiger partial charge in [-0.15, -0.1) is 30.6 Å². The number of rotatable bonds is 10. The van der Waals surface area contributed by atoms with Gasteiger partial charge in [-0.2, -0.15) is 0 Å². The van der Waals surface area contributed by atoms with Crippen molar-refractivity contribution >= 4 is 29.9 Å². The van der Waals surface area contributed by atoms with Crippen molar-refractivity contribution in [3.05, 3.63) is 12.7 Å². The van der Waals surface area contributed by atoms with Crippen LogP contribution >= 0.6 is 24.0 Å². The average molecular weight is 438 g/mol. The standard InChI is InChI=1S/C17H34N4O.HI/c1-5-9-18-17(19-10-7-12-22-6-2)20-13-16-8-11-21(14-16)15(3)4;/h5,15-16H,1,6-14H2,2-4H3,(H2,18,19,20);1H. The molecule has 2 N–H and O–H groups in total. The van der Waals surface area contributed by atoms with Crippen LogP contribution in [0.1, 0.15) is 33.6 Å². The summed E-state index contributed by atoms with van der Waals surface area (Å²) in [5.74, 6) is 1.56. The summed E-state index contributed by atoms with van der Waals surface area (Å²) >= 11 is 0. The third kappa shape index (κ3) is 10.2. The molecule has 6 heteroatoms. The van der Waals surface area contributed by atoms with Gasteiger partial charge >= 0.3 is 0 Å². The summed E-state index contributed by atoms with van der Waals surface area (Å²) < 4.78 is 5.35. The predicted octanol–water partition coefficient (Wildman–Crippen LogP) is 2.48. The maximum absolute atomic E-state index is 5.35. The topological polar surface area (TPSA) is 48.9 Å². The average Bonchev–Trinajstić information content (AvgIpc) is 2.98. The third-order valence-electron chi connectivity index (χ3n) is 3.93. The van der Waals surface area contributed by atoms with Crippen molar-refractivity contribution < 1.29 is 4.74 Å². The molecule has 0 aromatic carbocycles. The zero-order valence-corrected chi connectivity index (χ0v) is 17.3. The number of aliphatic imine (C=N–C) groups is 1. The van der Waals surface area contributed by atoms with Gasteiger partial charge in [0.05, 0.1) is 0 Å². The van der Waals surface area contributed by atoms with E-state index in [9.17, 15) is 0 Å². The van der Waals surface area contributed by atoms with Crippen LogP contribution in [-0.2, 0) is 4.74 Å². The van der Waals surface area contributed by atoms with Gasteiger partial charge in [-0.3, -0.25) is 4.99 Å². The zero-order valence-electron chi connectivity index (χ0n) is 15.0. The van der Waals surface area contributed by atoms with Crippen LogP contribution in [0.3, 0.4) is 0 Å². The molecule has 1 fully saturated rings. The Bertz CT molecular complexity index is 337. The van der Waals surface area contributed by atoms with Crippen molar-refractivity contribution in [3.63, 3.8) is 0 Å². The Morgan fingerprint density at radius 2 is 2.22 bits per heavy atom. The third-order valence-corrected chi connectivity index (χ3v) is 3.93. The van der Waals surface area contributed by atoms with Gasteiger partial charge in [0.25, 0.3) is 0 Å². The van der Waals surface area contributed by atoms with E-state index < -0.39 is 0 Å². The van der Waals surface area contributed by atoms with Gasteiger partial charge in [0.2, 0.25) is 0 Å². The van der Waals surface area contributed by atoms with Crippen LogP contribution in [0, 0.1) is 5.92 Å². The van der Waals surface area contributed by atoms with E-state index in [1.165, 1.54) is 19.5 Å². The lowest BCUT2D eigenvalue weighted by atomic mass is 10.1. The summed E-state index contributed by atoms with van der Waals surface area (Å²) in [6.45, 7) is 16.8. The number of nitrogens with one attached hydrogen (secondary N) is 2. The fraction of sp³-hybridized carbons (Fsp3) is 0.824. The molecular weight excluding hydrogens is 403 g/mol. The number of ether oxygens (including phenoxy) is 1. The fourth-order valence-corrected chi connectivity index (χ4v) is 2.57. The minimum atomic E-state index is 0. The number of likely N-dealkylation sites (tertiary alicyclic amines) is 1. The van der Waals surface area contributed by atoms with Crippen molar-refractivity contribution in [1.29, 1.82) is 0 Å². The summed E-state index contributed by atoms with van der Waals surface area (Å²) in [6, 6.07) is 0.643. The lowest BCUT2D eigenvalue weighted by Crippen LogP contribution is -2.38. The van der Waals surface area contributed by atoms with E-state index >= 15 is 0 Å². The van der Waals surface area contributed by atoms with Crippen molar-refractivity contribution in [2.45, 2.75) is 39.7 Å². The quantitative estimate of drug-likeness (QED) is 0.181. The van der Waals surface area contributed by atoms with Crippen LogP contribution in [0.25, 0.3) is 0 Å². The minimum Gasteiger partial charge on any atom is -0.382 e. The molecule has 0 aliphatic carbocycles. The number of guanidine groups is 1. The van der Waals surface area contributed by atoms with Gasteiger partial charge in [-0.25, -0.2) is 0 Å². The molecule has 1 aliphatic heterocycles. The molecule has 1 aliphatic rings. The molecule has 1 heterocycles. The molecule has 0 aromatic rings. The maximum Gasteiger partial charge on any atom is 0.191 e. The lowest BCUT2D eigenvalue weighted by Gasteiger charge is -2.20. The Morgan fingerprint density at radius 1 is 1.43 bits per heavy atom. The fourth-order valence-electron chi connectivity index (χ4n) is 2.57. The largest absolute Gasteiger partial charge is 0.382 e. The van der Waals surface area contributed by atoms with E-state index in [-0.39, 0.29) is 24.0 Å². The smallest absolute Gasteiger partial charge is 0.191 e. The summed E-state index contributed by atoms with van der Waals surface area (Å²) in [6.07, 6.45) is 4.10. The highest BCUT2D eigenvalue weighted by molar-refractivity contribution is 14.0. The second-order valence-electron chi connectivity index (χ2n) is 6.08. The Balaban J connectivity index is 0.00000484. The van der Waals surface area contributed by atoms with Crippen molar-refractivity contribution in [3.8, 4) is 0 Å². The van der Waals surface area contributed by atoms with E-state index in [1.807, 2.05) is 13.0 Å². The summed E-state index contributed by atoms with van der Waals surface area (Å²) in [5.41, 5.74) is 0. The first-order chi connectivity index (χ1) is 10.7. The molecule has 23 heavy (non-hydrogen) atoms. The van der Waals surface area contributed by atoms with Crippen molar-refractivity contribution in [1.82, 2.24) is 15.5 Å². The molecule has 1 saturated heterocycles. The number of halogens is 1. The first-order valence-electron chi connectivity index (χ1n) is 8.62. The van der Waals surface area contributed by atoms with Gasteiger partial charge < -0.3 is 20.3 Å². The van der Waals surface area contributed by atoms with Crippen LogP contribution < -0.4 is 10.6 Å². The van der Waals surface area contributed by atoms with Crippen LogP contribution in [0.4, 0.5) is 0 Å². The molecule has 1 rings (SSSR count). The van der Waals surface area contributed by atoms with Gasteiger partial charge in [0.1, 0.15) is 0 Å². The highest BCUT2D eigenvalue weighted by Crippen LogP contribution is 2.18. The Hall–Kier alpha value is -0.340. The highest BCUT2D eigenvalue weighted by Gasteiger charge is 2.23. The molecule has 5 nitrogen and oxygen atoms in total. The van der Waals surface area contributed by atoms with E-state index in [2.05, 4.69) is 36.0 Å². The maximum atomic E-state index is 5.35. The first kappa shape index (κ1) is 22.7. The Kier molecular flexibility index (Phi) is 13.8. The SMILES string of the molecule is C=CCNC(=NCC1CCN(C(C)C)C1)NCCCOCC.I. The summed E-state index contributed by atoms with van der Waals surface area (Å²) in [5, 5.41) is 6.65. The zero-order chi connectivity index (χ0) is 16.2. The first-order valence-corrected chi connectivity index (χ1v) is 8.62. The van der Waals surface area contributed by atoms with Gasteiger partial charge in [-0.1, -0.05) is 6.08 Å². The van der Waals surface area contributed by atoms with Gasteiger partial charge in [-0.05, 0) is 46.1 Å². The normalized spacial score (nSPS) is 18.8. The molecule has 0 bridgehead atoms. The molecule has 0 radical (unpaired) electrons. The van der Waals surface area contributed by atoms with Crippen LogP contribution in [0.5, 0.6) is 0 Å². The van der Waals surface area contributed by atoms with E-state index in [0.717, 1.165) is 45.2 Å². The molecule has 136 valence electrons.